The van der Waals surface area contributed by atoms with Gasteiger partial charge in [-0.3, -0.25) is 4.79 Å². The quantitative estimate of drug-likeness (QED) is 0.863. The Morgan fingerprint density at radius 1 is 1.57 bits per heavy atom. The summed E-state index contributed by atoms with van der Waals surface area (Å²) in [5.41, 5.74) is 2.18. The lowest BCUT2D eigenvalue weighted by Gasteiger charge is -2.10. The van der Waals surface area contributed by atoms with Gasteiger partial charge in [-0.1, -0.05) is 0 Å². The van der Waals surface area contributed by atoms with E-state index in [9.17, 15) is 4.79 Å². The van der Waals surface area contributed by atoms with Crippen molar-refractivity contribution in [1.82, 2.24) is 14.9 Å². The first-order chi connectivity index (χ1) is 10.1. The van der Waals surface area contributed by atoms with Crippen LogP contribution in [0.1, 0.15) is 37.0 Å². The minimum atomic E-state index is -0.267. The highest BCUT2D eigenvalue weighted by molar-refractivity contribution is 6.20. The van der Waals surface area contributed by atoms with Gasteiger partial charge in [0.2, 0.25) is 5.91 Å². The molecular formula is C15H17ClN4O. The summed E-state index contributed by atoms with van der Waals surface area (Å²) < 4.78 is 1.92. The van der Waals surface area contributed by atoms with E-state index in [0.29, 0.717) is 30.9 Å². The zero-order valence-corrected chi connectivity index (χ0v) is 12.8. The maximum Gasteiger partial charge on any atom is 0.221 e. The van der Waals surface area contributed by atoms with Crippen molar-refractivity contribution in [3.63, 3.8) is 0 Å². The Labute approximate surface area is 128 Å². The number of nitrogens with one attached hydrogen (secondary N) is 1. The van der Waals surface area contributed by atoms with E-state index in [0.717, 1.165) is 11.0 Å². The number of aryl methyl sites for hydroxylation is 1. The van der Waals surface area contributed by atoms with E-state index >= 15 is 0 Å². The number of halogens is 1. The molecular weight excluding hydrogens is 288 g/mol. The Bertz CT molecular complexity index is 699. The van der Waals surface area contributed by atoms with Crippen LogP contribution < -0.4 is 5.32 Å². The lowest BCUT2D eigenvalue weighted by Crippen LogP contribution is -2.24. The maximum absolute atomic E-state index is 11.6. The Kier molecular flexibility index (Phi) is 4.81. The molecule has 0 bridgehead atoms. The zero-order chi connectivity index (χ0) is 15.4. The Morgan fingerprint density at radius 2 is 2.33 bits per heavy atom. The number of alkyl halides is 1. The highest BCUT2D eigenvalue weighted by Crippen LogP contribution is 2.25. The predicted octanol–water partition coefficient (Wildman–Crippen LogP) is 2.73. The smallest absolute Gasteiger partial charge is 0.221 e. The van der Waals surface area contributed by atoms with Crippen LogP contribution in [0, 0.1) is 11.3 Å². The van der Waals surface area contributed by atoms with Gasteiger partial charge in [0.25, 0.3) is 0 Å². The monoisotopic (exact) mass is 304 g/mol. The number of rotatable bonds is 5. The van der Waals surface area contributed by atoms with Crippen LogP contribution in [0.2, 0.25) is 0 Å². The molecule has 0 saturated carbocycles. The van der Waals surface area contributed by atoms with E-state index in [1.54, 1.807) is 18.2 Å². The third-order valence-corrected chi connectivity index (χ3v) is 3.39. The van der Waals surface area contributed by atoms with Crippen molar-refractivity contribution in [2.45, 2.75) is 32.2 Å². The summed E-state index contributed by atoms with van der Waals surface area (Å²) in [7, 11) is 0. The molecule has 110 valence electrons. The molecule has 6 heteroatoms. The van der Waals surface area contributed by atoms with E-state index in [1.165, 1.54) is 0 Å². The molecule has 0 aliphatic heterocycles. The van der Waals surface area contributed by atoms with Crippen molar-refractivity contribution >= 4 is 28.5 Å². The minimum absolute atomic E-state index is 0.0102. The molecule has 0 aliphatic rings. The molecule has 0 fully saturated rings. The van der Waals surface area contributed by atoms with Crippen LogP contribution in [0.15, 0.2) is 18.2 Å². The Morgan fingerprint density at radius 3 is 2.95 bits per heavy atom. The summed E-state index contributed by atoms with van der Waals surface area (Å²) >= 11 is 6.18. The molecule has 1 atom stereocenters. The number of nitriles is 1. The second kappa shape index (κ2) is 6.59. The van der Waals surface area contributed by atoms with Gasteiger partial charge in [0, 0.05) is 19.5 Å². The van der Waals surface area contributed by atoms with Crippen LogP contribution >= 0.6 is 11.6 Å². The summed E-state index contributed by atoms with van der Waals surface area (Å²) in [5, 5.41) is 11.5. The number of fused-ring (bicyclic) bond motifs is 1. The maximum atomic E-state index is 11.6. The van der Waals surface area contributed by atoms with Crippen molar-refractivity contribution in [3.05, 3.63) is 29.6 Å². The number of amides is 1. The molecule has 1 amide bonds. The minimum Gasteiger partial charge on any atom is -0.356 e. The van der Waals surface area contributed by atoms with Gasteiger partial charge < -0.3 is 9.88 Å². The van der Waals surface area contributed by atoms with Crippen LogP contribution in [-0.4, -0.2) is 22.0 Å². The molecule has 2 rings (SSSR count). The van der Waals surface area contributed by atoms with Gasteiger partial charge in [-0.15, -0.1) is 11.6 Å². The Balaban J connectivity index is 2.40. The van der Waals surface area contributed by atoms with Crippen molar-refractivity contribution in [2.75, 3.05) is 6.54 Å². The van der Waals surface area contributed by atoms with Gasteiger partial charge in [0.1, 0.15) is 5.82 Å². The average Bonchev–Trinajstić information content (AvgIpc) is 2.83. The highest BCUT2D eigenvalue weighted by atomic mass is 35.5. The summed E-state index contributed by atoms with van der Waals surface area (Å²) in [6.07, 6.45) is 0.354. The molecule has 0 aliphatic carbocycles. The number of imidazole rings is 1. The number of nitrogens with zero attached hydrogens (tertiary/aromatic N) is 3. The average molecular weight is 305 g/mol. The molecule has 5 nitrogen and oxygen atoms in total. The summed E-state index contributed by atoms with van der Waals surface area (Å²) in [6.45, 7) is 4.83. The van der Waals surface area contributed by atoms with Crippen LogP contribution in [0.3, 0.4) is 0 Å². The summed E-state index contributed by atoms with van der Waals surface area (Å²) in [4.78, 5) is 16.1. The molecule has 1 N–H and O–H groups in total. The second-order valence-corrected chi connectivity index (χ2v) is 5.41. The zero-order valence-electron chi connectivity index (χ0n) is 12.1. The van der Waals surface area contributed by atoms with Gasteiger partial charge in [-0.05, 0) is 32.0 Å². The lowest BCUT2D eigenvalue weighted by atomic mass is 10.2. The first-order valence-electron chi connectivity index (χ1n) is 6.87. The molecule has 21 heavy (non-hydrogen) atoms. The third-order valence-electron chi connectivity index (χ3n) is 3.20. The van der Waals surface area contributed by atoms with Gasteiger partial charge in [-0.2, -0.15) is 5.26 Å². The van der Waals surface area contributed by atoms with E-state index in [4.69, 9.17) is 16.9 Å². The number of carbonyl (C=O) groups excluding carboxylic acids is 1. The van der Waals surface area contributed by atoms with Crippen LogP contribution in [-0.2, 0) is 11.3 Å². The highest BCUT2D eigenvalue weighted by Gasteiger charge is 2.16. The van der Waals surface area contributed by atoms with Crippen molar-refractivity contribution in [1.29, 1.82) is 5.26 Å². The van der Waals surface area contributed by atoms with Crippen molar-refractivity contribution in [2.24, 2.45) is 0 Å². The molecule has 0 radical (unpaired) electrons. The molecule has 2 aromatic rings. The molecule has 0 spiro atoms. The topological polar surface area (TPSA) is 70.7 Å². The number of hydrogen-bond acceptors (Lipinski definition) is 3. The normalized spacial score (nSPS) is 12.1. The van der Waals surface area contributed by atoms with Crippen LogP contribution in [0.25, 0.3) is 11.0 Å². The molecule has 0 saturated heterocycles. The molecule has 1 heterocycles. The SMILES string of the molecule is CCNC(=O)CCn1c(C(C)Cl)nc2ccc(C#N)cc21. The molecule has 1 aromatic heterocycles. The van der Waals surface area contributed by atoms with Gasteiger partial charge in [-0.25, -0.2) is 4.98 Å². The largest absolute Gasteiger partial charge is 0.356 e. The number of benzene rings is 1. The lowest BCUT2D eigenvalue weighted by molar-refractivity contribution is -0.121. The molecule has 1 unspecified atom stereocenters. The first kappa shape index (κ1) is 15.3. The van der Waals surface area contributed by atoms with Crippen LogP contribution in [0.4, 0.5) is 0 Å². The van der Waals surface area contributed by atoms with E-state index in [1.807, 2.05) is 18.4 Å². The van der Waals surface area contributed by atoms with Crippen LogP contribution in [0.5, 0.6) is 0 Å². The fourth-order valence-corrected chi connectivity index (χ4v) is 2.42. The number of aromatic nitrogens is 2. The van der Waals surface area contributed by atoms with E-state index in [-0.39, 0.29) is 11.3 Å². The summed E-state index contributed by atoms with van der Waals surface area (Å²) in [6, 6.07) is 7.43. The second-order valence-electron chi connectivity index (χ2n) is 4.76. The van der Waals surface area contributed by atoms with E-state index in [2.05, 4.69) is 16.4 Å². The van der Waals surface area contributed by atoms with Gasteiger partial charge in [0.15, 0.2) is 0 Å². The molecule has 1 aromatic carbocycles. The third kappa shape index (κ3) is 3.34. The fraction of sp³-hybridized carbons (Fsp3) is 0.400. The fourth-order valence-electron chi connectivity index (χ4n) is 2.25. The van der Waals surface area contributed by atoms with Crippen molar-refractivity contribution < 1.29 is 4.79 Å². The van der Waals surface area contributed by atoms with Crippen molar-refractivity contribution in [3.8, 4) is 6.07 Å². The van der Waals surface area contributed by atoms with Gasteiger partial charge >= 0.3 is 0 Å². The predicted molar refractivity (Wildman–Crippen MR) is 82.0 cm³/mol. The standard InChI is InChI=1S/C15H17ClN4O/c1-3-18-14(21)6-7-20-13-8-11(9-17)4-5-12(13)19-15(20)10(2)16/h4-5,8,10H,3,6-7H2,1-2H3,(H,18,21). The van der Waals surface area contributed by atoms with E-state index < -0.39 is 0 Å². The Hall–Kier alpha value is -2.06. The number of hydrogen-bond donors (Lipinski definition) is 1. The first-order valence-corrected chi connectivity index (χ1v) is 7.31. The van der Waals surface area contributed by atoms with Gasteiger partial charge in [0.05, 0.1) is 28.0 Å². The summed E-state index contributed by atoms with van der Waals surface area (Å²) in [5.74, 6) is 0.704. The number of carbonyl (C=O) groups is 1.